The third-order valence-corrected chi connectivity index (χ3v) is 3.58. The quantitative estimate of drug-likeness (QED) is 0.803. The van der Waals surface area contributed by atoms with Crippen LogP contribution in [0.15, 0.2) is 48.5 Å². The van der Waals surface area contributed by atoms with Gasteiger partial charge in [0.25, 0.3) is 11.8 Å². The summed E-state index contributed by atoms with van der Waals surface area (Å²) >= 11 is 0. The van der Waals surface area contributed by atoms with E-state index in [2.05, 4.69) is 5.32 Å². The lowest BCUT2D eigenvalue weighted by Crippen LogP contribution is -2.35. The Balaban J connectivity index is 2.04. The monoisotopic (exact) mass is 380 g/mol. The number of amides is 2. The first-order chi connectivity index (χ1) is 12.7. The molecule has 0 aromatic heterocycles. The molecule has 0 saturated carbocycles. The molecular formula is C19H19F3N2O3. The Labute approximate surface area is 154 Å². The molecule has 2 rings (SSSR count). The van der Waals surface area contributed by atoms with Crippen LogP contribution in [-0.2, 0) is 4.79 Å². The van der Waals surface area contributed by atoms with Gasteiger partial charge in [0.15, 0.2) is 6.10 Å². The van der Waals surface area contributed by atoms with Gasteiger partial charge in [-0.25, -0.2) is 0 Å². The summed E-state index contributed by atoms with van der Waals surface area (Å²) in [6, 6.07) is 12.9. The van der Waals surface area contributed by atoms with Crippen molar-refractivity contribution in [1.82, 2.24) is 5.32 Å². The van der Waals surface area contributed by atoms with E-state index in [-0.39, 0.29) is 11.3 Å². The van der Waals surface area contributed by atoms with E-state index in [4.69, 9.17) is 4.74 Å². The molecule has 0 bridgehead atoms. The highest BCUT2D eigenvalue weighted by Crippen LogP contribution is 2.18. The first-order valence-electron chi connectivity index (χ1n) is 8.14. The Morgan fingerprint density at radius 1 is 1.07 bits per heavy atom. The molecule has 2 aromatic carbocycles. The highest BCUT2D eigenvalue weighted by atomic mass is 19.4. The molecule has 0 saturated heterocycles. The van der Waals surface area contributed by atoms with Gasteiger partial charge in [-0.3, -0.25) is 9.59 Å². The highest BCUT2D eigenvalue weighted by Gasteiger charge is 2.28. The van der Waals surface area contributed by atoms with Gasteiger partial charge >= 0.3 is 6.18 Å². The summed E-state index contributed by atoms with van der Waals surface area (Å²) in [4.78, 5) is 24.3. The maximum absolute atomic E-state index is 12.3. The molecule has 0 aliphatic rings. The van der Waals surface area contributed by atoms with Crippen LogP contribution in [0, 0.1) is 6.92 Å². The molecule has 144 valence electrons. The Hall–Kier alpha value is -3.03. The predicted molar refractivity (Wildman–Crippen MR) is 94.7 cm³/mol. The van der Waals surface area contributed by atoms with Crippen molar-refractivity contribution < 1.29 is 27.5 Å². The number of anilines is 1. The SMILES string of the molecule is Cc1ccc(OC(C)C(=O)Nc2ccccc2C(=O)NCC(F)(F)F)cc1. The molecule has 2 N–H and O–H groups in total. The molecule has 2 aromatic rings. The van der Waals surface area contributed by atoms with E-state index < -0.39 is 30.6 Å². The first-order valence-corrected chi connectivity index (χ1v) is 8.14. The van der Waals surface area contributed by atoms with Gasteiger partial charge in [0.1, 0.15) is 12.3 Å². The second-order valence-corrected chi connectivity index (χ2v) is 5.91. The van der Waals surface area contributed by atoms with Gasteiger partial charge in [0, 0.05) is 0 Å². The van der Waals surface area contributed by atoms with Gasteiger partial charge in [-0.05, 0) is 38.1 Å². The number of carbonyl (C=O) groups is 2. The smallest absolute Gasteiger partial charge is 0.405 e. The fraction of sp³-hybridized carbons (Fsp3) is 0.263. The summed E-state index contributed by atoms with van der Waals surface area (Å²) in [6.07, 6.45) is -5.40. The van der Waals surface area contributed by atoms with E-state index in [0.29, 0.717) is 5.75 Å². The number of aryl methyl sites for hydroxylation is 1. The Bertz CT molecular complexity index is 805. The minimum absolute atomic E-state index is 0.0716. The molecule has 1 atom stereocenters. The van der Waals surface area contributed by atoms with Crippen LogP contribution in [0.25, 0.3) is 0 Å². The normalized spacial score (nSPS) is 12.2. The Morgan fingerprint density at radius 3 is 2.33 bits per heavy atom. The van der Waals surface area contributed by atoms with Gasteiger partial charge in [0.2, 0.25) is 0 Å². The molecule has 2 amide bonds. The Kier molecular flexibility index (Phi) is 6.44. The number of hydrogen-bond donors (Lipinski definition) is 2. The number of halogens is 3. The second kappa shape index (κ2) is 8.57. The lowest BCUT2D eigenvalue weighted by Gasteiger charge is -2.17. The zero-order valence-electron chi connectivity index (χ0n) is 14.8. The molecule has 0 spiro atoms. The van der Waals surface area contributed by atoms with E-state index in [0.717, 1.165) is 5.56 Å². The maximum atomic E-state index is 12.3. The number of ether oxygens (including phenoxy) is 1. The van der Waals surface area contributed by atoms with E-state index in [1.54, 1.807) is 23.5 Å². The molecule has 0 fully saturated rings. The van der Waals surface area contributed by atoms with Gasteiger partial charge in [-0.15, -0.1) is 0 Å². The van der Waals surface area contributed by atoms with Crippen LogP contribution in [-0.4, -0.2) is 30.6 Å². The minimum Gasteiger partial charge on any atom is -0.481 e. The summed E-state index contributed by atoms with van der Waals surface area (Å²) in [7, 11) is 0. The fourth-order valence-corrected chi connectivity index (χ4v) is 2.17. The van der Waals surface area contributed by atoms with Crippen LogP contribution in [0.1, 0.15) is 22.8 Å². The number of benzene rings is 2. The van der Waals surface area contributed by atoms with Crippen LogP contribution in [0.2, 0.25) is 0 Å². The van der Waals surface area contributed by atoms with Crippen LogP contribution < -0.4 is 15.4 Å². The third-order valence-electron chi connectivity index (χ3n) is 3.58. The fourth-order valence-electron chi connectivity index (χ4n) is 2.17. The summed E-state index contributed by atoms with van der Waals surface area (Å²) in [6.45, 7) is 1.99. The van der Waals surface area contributed by atoms with Crippen molar-refractivity contribution in [2.45, 2.75) is 26.1 Å². The van der Waals surface area contributed by atoms with E-state index in [9.17, 15) is 22.8 Å². The molecule has 27 heavy (non-hydrogen) atoms. The molecule has 0 aliphatic carbocycles. The molecule has 0 heterocycles. The average molecular weight is 380 g/mol. The largest absolute Gasteiger partial charge is 0.481 e. The third kappa shape index (κ3) is 6.32. The van der Waals surface area contributed by atoms with Crippen molar-refractivity contribution in [1.29, 1.82) is 0 Å². The summed E-state index contributed by atoms with van der Waals surface area (Å²) < 4.78 is 42.4. The molecule has 0 radical (unpaired) electrons. The van der Waals surface area contributed by atoms with Crippen molar-refractivity contribution in [2.24, 2.45) is 0 Å². The molecule has 5 nitrogen and oxygen atoms in total. The minimum atomic E-state index is -4.52. The molecular weight excluding hydrogens is 361 g/mol. The van der Waals surface area contributed by atoms with Crippen LogP contribution in [0.4, 0.5) is 18.9 Å². The first kappa shape index (κ1) is 20.3. The highest BCUT2D eigenvalue weighted by molar-refractivity contribution is 6.04. The predicted octanol–water partition coefficient (Wildman–Crippen LogP) is 3.69. The standard InChI is InChI=1S/C19H19F3N2O3/c1-12-7-9-14(10-8-12)27-13(2)17(25)24-16-6-4-3-5-15(16)18(26)23-11-19(20,21)22/h3-10,13H,11H2,1-2H3,(H,23,26)(H,24,25). The Morgan fingerprint density at radius 2 is 1.70 bits per heavy atom. The number of hydrogen-bond acceptors (Lipinski definition) is 3. The van der Waals surface area contributed by atoms with Gasteiger partial charge in [-0.1, -0.05) is 29.8 Å². The number of carbonyl (C=O) groups excluding carboxylic acids is 2. The van der Waals surface area contributed by atoms with Crippen molar-refractivity contribution in [3.05, 3.63) is 59.7 Å². The maximum Gasteiger partial charge on any atom is 0.405 e. The average Bonchev–Trinajstić information content (AvgIpc) is 2.61. The van der Waals surface area contributed by atoms with Gasteiger partial charge < -0.3 is 15.4 Å². The molecule has 8 heteroatoms. The number of para-hydroxylation sites is 1. The van der Waals surface area contributed by atoms with Crippen molar-refractivity contribution in [3.8, 4) is 5.75 Å². The molecule has 0 aliphatic heterocycles. The van der Waals surface area contributed by atoms with Gasteiger partial charge in [0.05, 0.1) is 11.3 Å². The summed E-state index contributed by atoms with van der Waals surface area (Å²) in [5, 5.41) is 4.29. The lowest BCUT2D eigenvalue weighted by atomic mass is 10.1. The van der Waals surface area contributed by atoms with E-state index >= 15 is 0 Å². The van der Waals surface area contributed by atoms with Crippen molar-refractivity contribution in [2.75, 3.05) is 11.9 Å². The lowest BCUT2D eigenvalue weighted by molar-refractivity contribution is -0.123. The van der Waals surface area contributed by atoms with Crippen molar-refractivity contribution >= 4 is 17.5 Å². The van der Waals surface area contributed by atoms with Crippen LogP contribution in [0.3, 0.4) is 0 Å². The van der Waals surface area contributed by atoms with E-state index in [1.807, 2.05) is 19.1 Å². The topological polar surface area (TPSA) is 67.4 Å². The summed E-state index contributed by atoms with van der Waals surface area (Å²) in [5.41, 5.74) is 1.07. The second-order valence-electron chi connectivity index (χ2n) is 5.91. The van der Waals surface area contributed by atoms with Crippen LogP contribution in [0.5, 0.6) is 5.75 Å². The van der Waals surface area contributed by atoms with Crippen LogP contribution >= 0.6 is 0 Å². The zero-order valence-corrected chi connectivity index (χ0v) is 14.8. The summed E-state index contributed by atoms with van der Waals surface area (Å²) in [5.74, 6) is -0.971. The zero-order chi connectivity index (χ0) is 20.0. The molecule has 1 unspecified atom stereocenters. The number of nitrogens with one attached hydrogen (secondary N) is 2. The van der Waals surface area contributed by atoms with E-state index in [1.165, 1.54) is 25.1 Å². The number of rotatable bonds is 6. The number of alkyl halides is 3. The van der Waals surface area contributed by atoms with Gasteiger partial charge in [-0.2, -0.15) is 13.2 Å². The van der Waals surface area contributed by atoms with Crippen molar-refractivity contribution in [3.63, 3.8) is 0 Å².